The molecule has 0 heterocycles. The van der Waals surface area contributed by atoms with Crippen LogP contribution in [0.4, 0.5) is 26.3 Å². The van der Waals surface area contributed by atoms with Gasteiger partial charge in [0.05, 0.1) is 0 Å². The molecule has 0 saturated carbocycles. The van der Waals surface area contributed by atoms with Crippen LogP contribution in [-0.2, 0) is 19.5 Å². The van der Waals surface area contributed by atoms with Crippen molar-refractivity contribution in [1.82, 2.24) is 0 Å². The summed E-state index contributed by atoms with van der Waals surface area (Å²) in [5, 5.41) is 0. The van der Waals surface area contributed by atoms with Gasteiger partial charge in [-0.05, 0) is 15.9 Å². The van der Waals surface area contributed by atoms with Crippen molar-refractivity contribution in [3.63, 3.8) is 0 Å². The van der Waals surface area contributed by atoms with E-state index in [4.69, 9.17) is 0 Å². The van der Waals surface area contributed by atoms with Crippen molar-refractivity contribution in [2.45, 2.75) is 0 Å². The summed E-state index contributed by atoms with van der Waals surface area (Å²) in [6.45, 7) is 0. The fourth-order valence-electron chi connectivity index (χ4n) is 0. The summed E-state index contributed by atoms with van der Waals surface area (Å²) in [4.78, 5) is 0. The van der Waals surface area contributed by atoms with E-state index in [0.29, 0.717) is 0 Å². The molecule has 0 bridgehead atoms. The number of hydrogen-bond donors (Lipinski definition) is 0. The first-order valence-electron chi connectivity index (χ1n) is 1.82. The summed E-state index contributed by atoms with van der Waals surface area (Å²) in [6, 6.07) is 0. The number of halogens is 8. The minimum Gasteiger partial charge on any atom is -1.00 e. The molecule has 0 aromatic heterocycles. The summed E-state index contributed by atoms with van der Waals surface area (Å²) in [6.07, 6.45) is -4.62. The van der Waals surface area contributed by atoms with Crippen LogP contribution < -0.4 is 17.0 Å². The zero-order valence-electron chi connectivity index (χ0n) is 5.73. The summed E-state index contributed by atoms with van der Waals surface area (Å²) in [5.41, 5.74) is 0. The van der Waals surface area contributed by atoms with Crippen LogP contribution in [0.15, 0.2) is 16.9 Å². The van der Waals surface area contributed by atoms with Crippen molar-refractivity contribution in [1.29, 1.82) is 0 Å². The van der Waals surface area contributed by atoms with E-state index in [1.807, 2.05) is 15.9 Å². The molecule has 0 aliphatic carbocycles. The van der Waals surface area contributed by atoms with Gasteiger partial charge in [-0.15, -0.1) is 0 Å². The van der Waals surface area contributed by atoms with Gasteiger partial charge >= 0.3 is 25.6 Å². The number of rotatable bonds is 0. The third-order valence-electron chi connectivity index (χ3n) is 0.214. The Balaban J connectivity index is -0.0000000546. The molecule has 9 heteroatoms. The van der Waals surface area contributed by atoms with Crippen LogP contribution in [0.5, 0.6) is 0 Å². The summed E-state index contributed by atoms with van der Waals surface area (Å²) >= 11 is 1.90. The maximum absolute atomic E-state index is 10.9. The molecule has 0 amide bonds. The molecular formula is C4Br2F6Zn. The maximum Gasteiger partial charge on any atom is 2.00 e. The molecule has 0 aromatic carbocycles. The zero-order valence-corrected chi connectivity index (χ0v) is 11.9. The van der Waals surface area contributed by atoms with E-state index in [1.165, 1.54) is 0 Å². The number of hydrogen-bond acceptors (Lipinski definition) is 0. The van der Waals surface area contributed by atoms with Crippen molar-refractivity contribution < 1.29 is 62.8 Å². The van der Waals surface area contributed by atoms with Gasteiger partial charge in [-0.2, -0.15) is 13.2 Å². The fraction of sp³-hybridized carbons (Fsp3) is 0. The third kappa shape index (κ3) is 32.5. The van der Waals surface area contributed by atoms with Gasteiger partial charge in [0.15, 0.2) is 0 Å². The molecule has 74 valence electrons. The van der Waals surface area contributed by atoms with E-state index in [-0.39, 0.29) is 42.8 Å². The van der Waals surface area contributed by atoms with Crippen LogP contribution in [0.2, 0.25) is 0 Å². The third-order valence-corrected chi connectivity index (χ3v) is 0.514. The molecule has 0 aromatic rings. The van der Waals surface area contributed by atoms with Gasteiger partial charge in [-0.3, -0.25) is 0 Å². The van der Waals surface area contributed by atoms with E-state index in [2.05, 4.69) is 0 Å². The Morgan fingerprint density at radius 3 is 1.15 bits per heavy atom. The molecule has 0 fully saturated rings. The maximum atomic E-state index is 10.9. The SMILES string of the molecule is FC(F)=C(F)Br.F[C-]=C(F)F.[Br-].[Zn+2]. The van der Waals surface area contributed by atoms with Crippen molar-refractivity contribution in [2.75, 3.05) is 0 Å². The van der Waals surface area contributed by atoms with Gasteiger partial charge in [-0.25, -0.2) is 15.1 Å². The topological polar surface area (TPSA) is 0 Å². The van der Waals surface area contributed by atoms with Crippen LogP contribution in [0.3, 0.4) is 0 Å². The van der Waals surface area contributed by atoms with E-state index < -0.39 is 16.9 Å². The van der Waals surface area contributed by atoms with Gasteiger partial charge in [0, 0.05) is 0 Å². The predicted molar refractivity (Wildman–Crippen MR) is 29.4 cm³/mol. The minimum absolute atomic E-state index is 0. The van der Waals surface area contributed by atoms with Gasteiger partial charge in [0.25, 0.3) is 0 Å². The largest absolute Gasteiger partial charge is 2.00 e. The van der Waals surface area contributed by atoms with Crippen LogP contribution in [0, 0.1) is 6.33 Å². The Hall–Kier alpha value is 0.643. The van der Waals surface area contributed by atoms with Gasteiger partial charge < -0.3 is 21.4 Å². The molecule has 0 aliphatic heterocycles. The van der Waals surface area contributed by atoms with Crippen molar-refractivity contribution in [2.24, 2.45) is 0 Å². The molecule has 0 atom stereocenters. The van der Waals surface area contributed by atoms with Crippen molar-refractivity contribution in [3.8, 4) is 0 Å². The van der Waals surface area contributed by atoms with Crippen LogP contribution in [0.25, 0.3) is 0 Å². The first-order chi connectivity index (χ1) is 4.91. The van der Waals surface area contributed by atoms with Crippen molar-refractivity contribution >= 4 is 15.9 Å². The average molecular weight is 387 g/mol. The predicted octanol–water partition coefficient (Wildman–Crippen LogP) is 0.915. The summed E-state index contributed by atoms with van der Waals surface area (Å²) < 4.78 is 61.0. The fourth-order valence-corrected chi connectivity index (χ4v) is 0. The molecule has 13 heavy (non-hydrogen) atoms. The first-order valence-corrected chi connectivity index (χ1v) is 2.62. The molecule has 0 aliphatic rings. The molecule has 0 saturated heterocycles. The van der Waals surface area contributed by atoms with E-state index in [1.54, 1.807) is 0 Å². The second-order valence-corrected chi connectivity index (χ2v) is 1.57. The second kappa shape index (κ2) is 15.1. The van der Waals surface area contributed by atoms with Gasteiger partial charge in [0.1, 0.15) is 6.08 Å². The second-order valence-electron chi connectivity index (χ2n) is 0.876. The summed E-state index contributed by atoms with van der Waals surface area (Å²) in [5.74, 6) is 0. The van der Waals surface area contributed by atoms with E-state index >= 15 is 0 Å². The summed E-state index contributed by atoms with van der Waals surface area (Å²) in [7, 11) is 0. The Labute approximate surface area is 102 Å². The monoisotopic (exact) mass is 384 g/mol. The van der Waals surface area contributed by atoms with Gasteiger partial charge in [0.2, 0.25) is 4.74 Å². The van der Waals surface area contributed by atoms with Crippen LogP contribution in [0.1, 0.15) is 0 Å². The molecule has 0 N–H and O–H groups in total. The molecule has 0 rings (SSSR count). The smallest absolute Gasteiger partial charge is 1.00 e. The van der Waals surface area contributed by atoms with Crippen LogP contribution >= 0.6 is 15.9 Å². The average Bonchev–Trinajstić information content (AvgIpc) is 1.89. The first kappa shape index (κ1) is 23.5. The molecular weight excluding hydrogens is 387 g/mol. The van der Waals surface area contributed by atoms with Gasteiger partial charge in [-0.1, -0.05) is 0 Å². The molecule has 0 radical (unpaired) electrons. The zero-order chi connectivity index (χ0) is 9.44. The Kier molecular flexibility index (Phi) is 27.3. The Morgan fingerprint density at radius 2 is 1.15 bits per heavy atom. The minimum atomic E-state index is -2.41. The molecule has 0 nitrogen and oxygen atoms in total. The molecule has 0 unspecified atom stereocenters. The van der Waals surface area contributed by atoms with Crippen molar-refractivity contribution in [3.05, 3.63) is 23.2 Å². The standard InChI is InChI=1S/C2BrF3.C2F3.BrH.Zn/c3-1(4)2(5)6;3-1-2(4)5;;/h;;1H;/q;-1;;+2/p-1. The van der Waals surface area contributed by atoms with E-state index in [9.17, 15) is 26.3 Å². The molecule has 0 spiro atoms. The Morgan fingerprint density at radius 1 is 1.00 bits per heavy atom. The van der Waals surface area contributed by atoms with Crippen LogP contribution in [-0.4, -0.2) is 0 Å². The van der Waals surface area contributed by atoms with E-state index in [0.717, 1.165) is 0 Å². The quantitative estimate of drug-likeness (QED) is 0.330. The Bertz CT molecular complexity index is 148. The normalized spacial score (nSPS) is 6.38.